The maximum Gasteiger partial charge on any atom is 0.222 e. The van der Waals surface area contributed by atoms with Gasteiger partial charge in [0.2, 0.25) is 5.91 Å². The summed E-state index contributed by atoms with van der Waals surface area (Å²) >= 11 is 0. The third-order valence-corrected chi connectivity index (χ3v) is 4.89. The van der Waals surface area contributed by atoms with E-state index >= 15 is 0 Å². The number of piperazine rings is 1. The fraction of sp³-hybridized carbons (Fsp3) is 0.722. The molecule has 0 aromatic carbocycles. The second-order valence-electron chi connectivity index (χ2n) is 7.63. The molecule has 0 saturated carbocycles. The molecule has 1 saturated heterocycles. The van der Waals surface area contributed by atoms with Crippen LogP contribution in [0.2, 0.25) is 0 Å². The number of carbonyl (C=O) groups excluding carboxylic acids is 2. The van der Waals surface area contributed by atoms with Gasteiger partial charge in [0.15, 0.2) is 18.5 Å². The fourth-order valence-corrected chi connectivity index (χ4v) is 3.43. The number of aliphatic hydroxyl groups excluding tert-OH is 1. The summed E-state index contributed by atoms with van der Waals surface area (Å²) in [6.07, 6.45) is 3.27. The number of rotatable bonds is 5. The lowest BCUT2D eigenvalue weighted by molar-refractivity contribution is -0.910. The second kappa shape index (κ2) is 7.92. The number of Topliss-reactive ketones (excluding diaryl/α,β-unsaturated/α-hetero) is 1. The molecular formula is C18H31N3O3+2. The van der Waals surface area contributed by atoms with Crippen LogP contribution in [-0.4, -0.2) is 67.2 Å². The normalized spacial score (nSPS) is 22.5. The number of quaternary nitrogens is 1. The molecule has 0 unspecified atom stereocenters. The highest BCUT2D eigenvalue weighted by Gasteiger charge is 2.33. The van der Waals surface area contributed by atoms with Crippen molar-refractivity contribution in [1.82, 2.24) is 4.90 Å². The first-order chi connectivity index (χ1) is 11.3. The van der Waals surface area contributed by atoms with Crippen molar-refractivity contribution in [3.63, 3.8) is 0 Å². The third-order valence-electron chi connectivity index (χ3n) is 4.89. The van der Waals surface area contributed by atoms with Gasteiger partial charge in [0.25, 0.3) is 0 Å². The van der Waals surface area contributed by atoms with Crippen molar-refractivity contribution in [2.75, 3.05) is 39.3 Å². The third kappa shape index (κ3) is 4.90. The smallest absolute Gasteiger partial charge is 0.222 e. The Balaban J connectivity index is 1.78. The average Bonchev–Trinajstić information content (AvgIpc) is 2.52. The highest BCUT2D eigenvalue weighted by molar-refractivity contribution is 6.13. The molecule has 0 spiro atoms. The van der Waals surface area contributed by atoms with Crippen LogP contribution in [0.4, 0.5) is 0 Å². The summed E-state index contributed by atoms with van der Waals surface area (Å²) in [4.78, 5) is 30.3. The fourth-order valence-electron chi connectivity index (χ4n) is 3.43. The quantitative estimate of drug-likeness (QED) is 0.533. The number of nitrogens with zero attached hydrogens (tertiary/aromatic N) is 1. The standard InChI is InChI=1S/C18H29N3O3/c1-4-17(24)21-9-7-20(8-10-21)6-5-19-13-14-15(22)11-18(2,3)12-16(14)23/h13,22H,4-12H2,1-3H3/p+2. The minimum Gasteiger partial charge on any atom is -0.511 e. The van der Waals surface area contributed by atoms with Gasteiger partial charge in [0.05, 0.1) is 26.2 Å². The van der Waals surface area contributed by atoms with Crippen LogP contribution < -0.4 is 9.89 Å². The van der Waals surface area contributed by atoms with Gasteiger partial charge < -0.3 is 14.9 Å². The maximum absolute atomic E-state index is 12.1. The number of ketones is 1. The predicted molar refractivity (Wildman–Crippen MR) is 92.0 cm³/mol. The zero-order valence-electron chi connectivity index (χ0n) is 15.2. The van der Waals surface area contributed by atoms with Crippen LogP contribution in [0.15, 0.2) is 11.3 Å². The van der Waals surface area contributed by atoms with Gasteiger partial charge in [-0.15, -0.1) is 0 Å². The summed E-state index contributed by atoms with van der Waals surface area (Å²) in [6, 6.07) is 0. The van der Waals surface area contributed by atoms with Crippen LogP contribution in [0.3, 0.4) is 0 Å². The SMILES string of the molecule is CCC(=O)N1CC[NH+](CC[NH+]=CC2=C(O)CC(C)(C)CC2=O)CC1. The van der Waals surface area contributed by atoms with E-state index in [1.807, 2.05) is 25.7 Å². The minimum atomic E-state index is -0.155. The van der Waals surface area contributed by atoms with E-state index in [9.17, 15) is 14.7 Å². The van der Waals surface area contributed by atoms with Crippen molar-refractivity contribution in [3.05, 3.63) is 11.3 Å². The van der Waals surface area contributed by atoms with Gasteiger partial charge in [0, 0.05) is 19.3 Å². The summed E-state index contributed by atoms with van der Waals surface area (Å²) in [6.45, 7) is 11.2. The second-order valence-corrected chi connectivity index (χ2v) is 7.63. The molecule has 3 N–H and O–H groups in total. The first kappa shape index (κ1) is 18.6. The Kier molecular flexibility index (Phi) is 6.15. The molecule has 134 valence electrons. The molecule has 6 heteroatoms. The van der Waals surface area contributed by atoms with E-state index in [1.54, 1.807) is 6.21 Å². The zero-order chi connectivity index (χ0) is 17.7. The van der Waals surface area contributed by atoms with Crippen molar-refractivity contribution in [1.29, 1.82) is 0 Å². The molecule has 0 aromatic rings. The average molecular weight is 337 g/mol. The molecule has 1 heterocycles. The lowest BCUT2D eigenvalue weighted by Crippen LogP contribution is -3.16. The lowest BCUT2D eigenvalue weighted by Gasteiger charge is -2.31. The molecule has 1 aliphatic carbocycles. The van der Waals surface area contributed by atoms with Crippen LogP contribution >= 0.6 is 0 Å². The monoisotopic (exact) mass is 337 g/mol. The summed E-state index contributed by atoms with van der Waals surface area (Å²) in [7, 11) is 0. The molecule has 24 heavy (non-hydrogen) atoms. The Bertz CT molecular complexity index is 544. The van der Waals surface area contributed by atoms with Gasteiger partial charge in [-0.3, -0.25) is 9.59 Å². The Morgan fingerprint density at radius 2 is 2.00 bits per heavy atom. The number of aliphatic hydroxyl groups is 1. The first-order valence-electron chi connectivity index (χ1n) is 8.95. The predicted octanol–water partition coefficient (Wildman–Crippen LogP) is -1.52. The van der Waals surface area contributed by atoms with Crippen molar-refractivity contribution >= 4 is 17.9 Å². The van der Waals surface area contributed by atoms with E-state index in [2.05, 4.69) is 4.99 Å². The Labute approximate surface area is 144 Å². The van der Waals surface area contributed by atoms with Gasteiger partial charge in [-0.2, -0.15) is 0 Å². The van der Waals surface area contributed by atoms with Gasteiger partial charge in [-0.1, -0.05) is 20.8 Å². The Hall–Kier alpha value is -1.69. The topological polar surface area (TPSA) is 76.0 Å². The molecular weight excluding hydrogens is 306 g/mol. The van der Waals surface area contributed by atoms with Gasteiger partial charge in [0.1, 0.15) is 17.9 Å². The van der Waals surface area contributed by atoms with E-state index in [-0.39, 0.29) is 22.9 Å². The van der Waals surface area contributed by atoms with Crippen molar-refractivity contribution in [2.24, 2.45) is 5.41 Å². The van der Waals surface area contributed by atoms with Gasteiger partial charge >= 0.3 is 0 Å². The van der Waals surface area contributed by atoms with E-state index in [4.69, 9.17) is 0 Å². The summed E-state index contributed by atoms with van der Waals surface area (Å²) in [5.74, 6) is 0.444. The van der Waals surface area contributed by atoms with E-state index in [0.717, 1.165) is 39.3 Å². The minimum absolute atomic E-state index is 0.00953. The molecule has 1 amide bonds. The van der Waals surface area contributed by atoms with E-state index in [0.29, 0.717) is 24.8 Å². The number of hydrogen-bond acceptors (Lipinski definition) is 3. The van der Waals surface area contributed by atoms with Crippen molar-refractivity contribution < 1.29 is 24.6 Å². The number of hydrogen-bond donors (Lipinski definition) is 3. The van der Waals surface area contributed by atoms with Crippen LogP contribution in [0.5, 0.6) is 0 Å². The largest absolute Gasteiger partial charge is 0.511 e. The zero-order valence-corrected chi connectivity index (χ0v) is 15.2. The molecule has 6 nitrogen and oxygen atoms in total. The number of amides is 1. The molecule has 0 atom stereocenters. The highest BCUT2D eigenvalue weighted by Crippen LogP contribution is 2.34. The first-order valence-corrected chi connectivity index (χ1v) is 8.95. The van der Waals surface area contributed by atoms with Crippen LogP contribution in [-0.2, 0) is 9.59 Å². The molecule has 0 aromatic heterocycles. The Morgan fingerprint density at radius 1 is 1.33 bits per heavy atom. The summed E-state index contributed by atoms with van der Waals surface area (Å²) in [5, 5.41) is 10.1. The number of nitrogens with one attached hydrogen (secondary N) is 2. The number of carbonyl (C=O) groups is 2. The van der Waals surface area contributed by atoms with E-state index in [1.165, 1.54) is 4.90 Å². The maximum atomic E-state index is 12.1. The van der Waals surface area contributed by atoms with Crippen LogP contribution in [0, 0.1) is 5.41 Å². The van der Waals surface area contributed by atoms with Crippen molar-refractivity contribution in [2.45, 2.75) is 40.0 Å². The van der Waals surface area contributed by atoms with E-state index < -0.39 is 0 Å². The summed E-state index contributed by atoms with van der Waals surface area (Å²) in [5.41, 5.74) is 0.279. The molecule has 2 rings (SSSR count). The molecule has 0 radical (unpaired) electrons. The summed E-state index contributed by atoms with van der Waals surface area (Å²) < 4.78 is 0. The number of allylic oxidation sites excluding steroid dienone is 2. The van der Waals surface area contributed by atoms with Gasteiger partial charge in [-0.05, 0) is 5.41 Å². The Morgan fingerprint density at radius 3 is 2.58 bits per heavy atom. The highest BCUT2D eigenvalue weighted by atomic mass is 16.3. The molecule has 0 bridgehead atoms. The lowest BCUT2D eigenvalue weighted by atomic mass is 9.77. The molecule has 1 fully saturated rings. The van der Waals surface area contributed by atoms with Gasteiger partial charge in [-0.25, -0.2) is 4.99 Å². The molecule has 2 aliphatic rings. The van der Waals surface area contributed by atoms with Crippen LogP contribution in [0.25, 0.3) is 0 Å². The van der Waals surface area contributed by atoms with Crippen LogP contribution in [0.1, 0.15) is 40.0 Å². The molecule has 1 aliphatic heterocycles. The van der Waals surface area contributed by atoms with Crippen molar-refractivity contribution in [3.8, 4) is 0 Å².